The first-order chi connectivity index (χ1) is 13.1. The maximum absolute atomic E-state index is 6.18. The summed E-state index contributed by atoms with van der Waals surface area (Å²) in [4.78, 5) is 4.86. The highest BCUT2D eigenvalue weighted by Crippen LogP contribution is 2.27. The molecule has 0 aliphatic carbocycles. The molecule has 0 bridgehead atoms. The Morgan fingerprint density at radius 3 is 2.48 bits per heavy atom. The van der Waals surface area contributed by atoms with Crippen LogP contribution in [0.2, 0.25) is 0 Å². The Bertz CT molecular complexity index is 1070. The number of aromatic nitrogens is 2. The van der Waals surface area contributed by atoms with Crippen LogP contribution in [-0.2, 0) is 6.61 Å². The SMILES string of the molecule is Cc1ccc(C)c(OCc2nc3ccccc3n2C(C)c2ccccc2)c1. The average Bonchev–Trinajstić information content (AvgIpc) is 3.07. The van der Waals surface area contributed by atoms with Gasteiger partial charge >= 0.3 is 0 Å². The van der Waals surface area contributed by atoms with Crippen molar-refractivity contribution in [3.63, 3.8) is 0 Å². The van der Waals surface area contributed by atoms with Crippen LogP contribution in [0, 0.1) is 13.8 Å². The summed E-state index contributed by atoms with van der Waals surface area (Å²) in [6.07, 6.45) is 0. The quantitative estimate of drug-likeness (QED) is 0.449. The summed E-state index contributed by atoms with van der Waals surface area (Å²) in [6.45, 7) is 6.81. The smallest absolute Gasteiger partial charge is 0.148 e. The fraction of sp³-hybridized carbons (Fsp3) is 0.208. The van der Waals surface area contributed by atoms with Crippen molar-refractivity contribution in [3.8, 4) is 5.75 Å². The Kier molecular flexibility index (Phi) is 4.68. The zero-order chi connectivity index (χ0) is 18.8. The van der Waals surface area contributed by atoms with Gasteiger partial charge in [0.2, 0.25) is 0 Å². The zero-order valence-electron chi connectivity index (χ0n) is 16.0. The van der Waals surface area contributed by atoms with Crippen molar-refractivity contribution in [2.24, 2.45) is 0 Å². The van der Waals surface area contributed by atoms with Gasteiger partial charge in [-0.3, -0.25) is 0 Å². The maximum Gasteiger partial charge on any atom is 0.148 e. The number of hydrogen-bond acceptors (Lipinski definition) is 2. The molecule has 4 aromatic rings. The van der Waals surface area contributed by atoms with Gasteiger partial charge in [0.1, 0.15) is 18.2 Å². The molecule has 0 N–H and O–H groups in total. The molecule has 3 nitrogen and oxygen atoms in total. The van der Waals surface area contributed by atoms with Gasteiger partial charge in [-0.2, -0.15) is 0 Å². The third-order valence-corrected chi connectivity index (χ3v) is 5.04. The summed E-state index contributed by atoms with van der Waals surface area (Å²) in [5, 5.41) is 0. The minimum atomic E-state index is 0.177. The molecule has 0 amide bonds. The van der Waals surface area contributed by atoms with Crippen LogP contribution < -0.4 is 4.74 Å². The summed E-state index contributed by atoms with van der Waals surface area (Å²) in [5.41, 5.74) is 5.73. The van der Waals surface area contributed by atoms with E-state index in [2.05, 4.69) is 86.0 Å². The monoisotopic (exact) mass is 356 g/mol. The number of benzene rings is 3. The lowest BCUT2D eigenvalue weighted by atomic mass is 10.1. The number of para-hydroxylation sites is 2. The maximum atomic E-state index is 6.18. The van der Waals surface area contributed by atoms with Gasteiger partial charge in [0.05, 0.1) is 17.1 Å². The zero-order valence-corrected chi connectivity index (χ0v) is 16.0. The van der Waals surface area contributed by atoms with Crippen LogP contribution >= 0.6 is 0 Å². The second-order valence-corrected chi connectivity index (χ2v) is 7.03. The van der Waals surface area contributed by atoms with Gasteiger partial charge in [-0.15, -0.1) is 0 Å². The Morgan fingerprint density at radius 1 is 0.926 bits per heavy atom. The summed E-state index contributed by atoms with van der Waals surface area (Å²) >= 11 is 0. The van der Waals surface area contributed by atoms with E-state index in [0.29, 0.717) is 6.61 Å². The lowest BCUT2D eigenvalue weighted by Crippen LogP contribution is -2.13. The fourth-order valence-electron chi connectivity index (χ4n) is 3.51. The number of rotatable bonds is 5. The van der Waals surface area contributed by atoms with Crippen LogP contribution in [0.15, 0.2) is 72.8 Å². The van der Waals surface area contributed by atoms with Crippen LogP contribution in [0.3, 0.4) is 0 Å². The Morgan fingerprint density at radius 2 is 1.67 bits per heavy atom. The van der Waals surface area contributed by atoms with Crippen molar-refractivity contribution in [1.29, 1.82) is 0 Å². The largest absolute Gasteiger partial charge is 0.485 e. The standard InChI is InChI=1S/C24H24N2O/c1-17-13-14-18(2)23(15-17)27-16-24-25-21-11-7-8-12-22(21)26(24)19(3)20-9-5-4-6-10-20/h4-15,19H,16H2,1-3H3. The molecule has 4 rings (SSSR count). The predicted molar refractivity (Wildman–Crippen MR) is 110 cm³/mol. The molecule has 136 valence electrons. The highest BCUT2D eigenvalue weighted by Gasteiger charge is 2.17. The van der Waals surface area contributed by atoms with E-state index in [9.17, 15) is 0 Å². The van der Waals surface area contributed by atoms with Crippen molar-refractivity contribution >= 4 is 11.0 Å². The van der Waals surface area contributed by atoms with Crippen LogP contribution in [0.5, 0.6) is 5.75 Å². The Balaban J connectivity index is 1.73. The predicted octanol–water partition coefficient (Wildman–Crippen LogP) is 5.84. The first-order valence-electron chi connectivity index (χ1n) is 9.34. The van der Waals surface area contributed by atoms with Gasteiger partial charge in [0.25, 0.3) is 0 Å². The van der Waals surface area contributed by atoms with Crippen molar-refractivity contribution in [1.82, 2.24) is 9.55 Å². The molecule has 0 fully saturated rings. The molecule has 1 heterocycles. The van der Waals surface area contributed by atoms with Crippen LogP contribution in [-0.4, -0.2) is 9.55 Å². The van der Waals surface area contributed by atoms with Crippen molar-refractivity contribution in [3.05, 3.63) is 95.3 Å². The molecule has 27 heavy (non-hydrogen) atoms. The van der Waals surface area contributed by atoms with Crippen molar-refractivity contribution < 1.29 is 4.74 Å². The van der Waals surface area contributed by atoms with Gasteiger partial charge in [-0.05, 0) is 55.7 Å². The third-order valence-electron chi connectivity index (χ3n) is 5.04. The number of hydrogen-bond donors (Lipinski definition) is 0. The van der Waals surface area contributed by atoms with Crippen LogP contribution in [0.25, 0.3) is 11.0 Å². The third kappa shape index (κ3) is 3.45. The van der Waals surface area contributed by atoms with E-state index in [1.807, 2.05) is 12.1 Å². The summed E-state index contributed by atoms with van der Waals surface area (Å²) in [6, 6.07) is 25.3. The molecular weight excluding hydrogens is 332 g/mol. The number of fused-ring (bicyclic) bond motifs is 1. The van der Waals surface area contributed by atoms with Gasteiger partial charge in [-0.1, -0.05) is 54.6 Å². The molecule has 0 aliphatic heterocycles. The van der Waals surface area contributed by atoms with Gasteiger partial charge in [0.15, 0.2) is 0 Å². The van der Waals surface area contributed by atoms with E-state index in [0.717, 1.165) is 28.2 Å². The molecule has 0 saturated heterocycles. The molecule has 3 heteroatoms. The molecule has 0 spiro atoms. The van der Waals surface area contributed by atoms with E-state index in [4.69, 9.17) is 9.72 Å². The lowest BCUT2D eigenvalue weighted by molar-refractivity contribution is 0.286. The number of aryl methyl sites for hydroxylation is 2. The molecule has 1 atom stereocenters. The van der Waals surface area contributed by atoms with Crippen LogP contribution in [0.1, 0.15) is 35.5 Å². The average molecular weight is 356 g/mol. The van der Waals surface area contributed by atoms with Gasteiger partial charge in [0, 0.05) is 0 Å². The Labute approximate surface area is 160 Å². The molecule has 3 aromatic carbocycles. The minimum Gasteiger partial charge on any atom is -0.485 e. The number of ether oxygens (including phenoxy) is 1. The first kappa shape index (κ1) is 17.3. The topological polar surface area (TPSA) is 27.1 Å². The van der Waals surface area contributed by atoms with E-state index < -0.39 is 0 Å². The normalized spacial score (nSPS) is 12.3. The highest BCUT2D eigenvalue weighted by atomic mass is 16.5. The number of imidazole rings is 1. The van der Waals surface area contributed by atoms with Crippen LogP contribution in [0.4, 0.5) is 0 Å². The van der Waals surface area contributed by atoms with Gasteiger partial charge in [-0.25, -0.2) is 4.98 Å². The van der Waals surface area contributed by atoms with E-state index in [-0.39, 0.29) is 6.04 Å². The fourth-order valence-corrected chi connectivity index (χ4v) is 3.51. The second kappa shape index (κ2) is 7.28. The van der Waals surface area contributed by atoms with Crippen molar-refractivity contribution in [2.45, 2.75) is 33.4 Å². The Hall–Kier alpha value is -3.07. The van der Waals surface area contributed by atoms with E-state index >= 15 is 0 Å². The molecular formula is C24H24N2O. The summed E-state index contributed by atoms with van der Waals surface area (Å²) in [5.74, 6) is 1.86. The van der Waals surface area contributed by atoms with Gasteiger partial charge < -0.3 is 9.30 Å². The molecule has 1 unspecified atom stereocenters. The molecule has 0 aliphatic rings. The van der Waals surface area contributed by atoms with Crippen molar-refractivity contribution in [2.75, 3.05) is 0 Å². The summed E-state index contributed by atoms with van der Waals surface area (Å²) in [7, 11) is 0. The molecule has 0 saturated carbocycles. The van der Waals surface area contributed by atoms with E-state index in [1.165, 1.54) is 11.1 Å². The lowest BCUT2D eigenvalue weighted by Gasteiger charge is -2.19. The number of nitrogens with zero attached hydrogens (tertiary/aromatic N) is 2. The molecule has 1 aromatic heterocycles. The highest BCUT2D eigenvalue weighted by molar-refractivity contribution is 5.76. The second-order valence-electron chi connectivity index (χ2n) is 7.03. The first-order valence-corrected chi connectivity index (χ1v) is 9.34. The van der Waals surface area contributed by atoms with E-state index in [1.54, 1.807) is 0 Å². The summed E-state index contributed by atoms with van der Waals surface area (Å²) < 4.78 is 8.46. The minimum absolute atomic E-state index is 0.177. The molecule has 0 radical (unpaired) electrons.